The Morgan fingerprint density at radius 1 is 1.24 bits per heavy atom. The summed E-state index contributed by atoms with van der Waals surface area (Å²) in [6.45, 7) is 0. The van der Waals surface area contributed by atoms with Crippen molar-refractivity contribution in [2.75, 3.05) is 7.11 Å². The minimum absolute atomic E-state index is 0.433. The fraction of sp³-hybridized carbons (Fsp3) is 0.571. The summed E-state index contributed by atoms with van der Waals surface area (Å²) in [5.41, 5.74) is 1.29. The molecule has 2 fully saturated rings. The Hall–Kier alpha value is -0.0200. The number of benzene rings is 1. The monoisotopic (exact) mass is 358 g/mol. The maximum atomic E-state index is 5.47. The van der Waals surface area contributed by atoms with E-state index >= 15 is 0 Å². The Bertz CT molecular complexity index is 422. The second kappa shape index (κ2) is 4.58. The van der Waals surface area contributed by atoms with Crippen molar-refractivity contribution in [1.82, 2.24) is 0 Å². The van der Waals surface area contributed by atoms with E-state index in [1.54, 1.807) is 7.11 Å². The number of rotatable bonds is 3. The topological polar surface area (TPSA) is 9.23 Å². The molecular formula is C14H16Br2O. The van der Waals surface area contributed by atoms with Crippen LogP contribution in [0, 0.1) is 17.8 Å². The molecule has 2 aliphatic carbocycles. The molecule has 1 nitrogen and oxygen atoms in total. The molecule has 1 aromatic rings. The summed E-state index contributed by atoms with van der Waals surface area (Å²) in [6.07, 6.45) is 4.25. The largest absolute Gasteiger partial charge is 0.496 e. The fourth-order valence-electron chi connectivity index (χ4n) is 3.18. The fourth-order valence-corrected chi connectivity index (χ4v) is 4.34. The molecule has 0 amide bonds. The van der Waals surface area contributed by atoms with Crippen molar-refractivity contribution >= 4 is 31.9 Å². The van der Waals surface area contributed by atoms with E-state index < -0.39 is 0 Å². The van der Waals surface area contributed by atoms with Crippen LogP contribution in [0.2, 0.25) is 0 Å². The lowest BCUT2D eigenvalue weighted by Gasteiger charge is -2.21. The summed E-state index contributed by atoms with van der Waals surface area (Å²) in [4.78, 5) is 0.433. The molecule has 1 aromatic carbocycles. The van der Waals surface area contributed by atoms with Gasteiger partial charge in [0.1, 0.15) is 5.75 Å². The lowest BCUT2D eigenvalue weighted by Crippen LogP contribution is -2.07. The van der Waals surface area contributed by atoms with Gasteiger partial charge in [0, 0.05) is 14.9 Å². The van der Waals surface area contributed by atoms with Gasteiger partial charge in [0.05, 0.1) is 7.11 Å². The smallest absolute Gasteiger partial charge is 0.123 e. The van der Waals surface area contributed by atoms with Gasteiger partial charge in [-0.15, -0.1) is 0 Å². The predicted octanol–water partition coefficient (Wildman–Crippen LogP) is 4.94. The van der Waals surface area contributed by atoms with Gasteiger partial charge in [-0.2, -0.15) is 0 Å². The molecule has 0 heterocycles. The molecule has 2 saturated carbocycles. The number of fused-ring (bicyclic) bond motifs is 1. The third kappa shape index (κ3) is 2.28. The average molecular weight is 360 g/mol. The first-order valence-corrected chi connectivity index (χ1v) is 7.87. The van der Waals surface area contributed by atoms with Gasteiger partial charge in [-0.3, -0.25) is 0 Å². The number of alkyl halides is 1. The van der Waals surface area contributed by atoms with Crippen LogP contribution in [-0.4, -0.2) is 7.11 Å². The summed E-state index contributed by atoms with van der Waals surface area (Å²) in [5.74, 6) is 3.83. The van der Waals surface area contributed by atoms with E-state index in [1.165, 1.54) is 24.8 Å². The van der Waals surface area contributed by atoms with Crippen LogP contribution in [0.25, 0.3) is 0 Å². The molecule has 3 heteroatoms. The molecule has 0 aromatic heterocycles. The van der Waals surface area contributed by atoms with Crippen LogP contribution in [0.1, 0.15) is 29.7 Å². The minimum Gasteiger partial charge on any atom is -0.496 e. The first-order valence-electron chi connectivity index (χ1n) is 6.16. The van der Waals surface area contributed by atoms with E-state index in [1.807, 2.05) is 12.1 Å². The quantitative estimate of drug-likeness (QED) is 0.694. The molecule has 92 valence electrons. The lowest BCUT2D eigenvalue weighted by atomic mass is 9.94. The average Bonchev–Trinajstić information content (AvgIpc) is 2.95. The van der Waals surface area contributed by atoms with Crippen molar-refractivity contribution in [3.63, 3.8) is 0 Å². The molecule has 3 rings (SSSR count). The lowest BCUT2D eigenvalue weighted by molar-refractivity contribution is 0.400. The SMILES string of the molecule is COc1ccc(Br)cc1C(Br)C1CC2CC2C1. The maximum Gasteiger partial charge on any atom is 0.123 e. The number of hydrogen-bond acceptors (Lipinski definition) is 1. The summed E-state index contributed by atoms with van der Waals surface area (Å²) < 4.78 is 6.59. The van der Waals surface area contributed by atoms with E-state index in [9.17, 15) is 0 Å². The van der Waals surface area contributed by atoms with Gasteiger partial charge >= 0.3 is 0 Å². The summed E-state index contributed by atoms with van der Waals surface area (Å²) in [7, 11) is 1.75. The van der Waals surface area contributed by atoms with Crippen molar-refractivity contribution in [1.29, 1.82) is 0 Å². The van der Waals surface area contributed by atoms with E-state index in [0.717, 1.165) is 28.0 Å². The van der Waals surface area contributed by atoms with Crippen LogP contribution in [0.3, 0.4) is 0 Å². The maximum absolute atomic E-state index is 5.47. The molecule has 0 aliphatic heterocycles. The van der Waals surface area contributed by atoms with Crippen LogP contribution in [0.4, 0.5) is 0 Å². The van der Waals surface area contributed by atoms with Crippen LogP contribution in [-0.2, 0) is 0 Å². The standard InChI is InChI=1S/C14H16Br2O/c1-17-13-3-2-11(15)7-12(13)14(16)10-5-8-4-9(8)6-10/h2-3,7-10,14H,4-6H2,1H3. The summed E-state index contributed by atoms with van der Waals surface area (Å²) >= 11 is 7.43. The van der Waals surface area contributed by atoms with E-state index in [-0.39, 0.29) is 0 Å². The predicted molar refractivity (Wildman–Crippen MR) is 76.7 cm³/mol. The van der Waals surface area contributed by atoms with E-state index in [4.69, 9.17) is 4.74 Å². The zero-order chi connectivity index (χ0) is 12.0. The molecule has 3 unspecified atom stereocenters. The molecule has 2 aliphatic rings. The Morgan fingerprint density at radius 3 is 2.59 bits per heavy atom. The highest BCUT2D eigenvalue weighted by Gasteiger charge is 2.47. The molecule has 17 heavy (non-hydrogen) atoms. The van der Waals surface area contributed by atoms with Gasteiger partial charge < -0.3 is 4.74 Å². The van der Waals surface area contributed by atoms with Crippen molar-refractivity contribution in [3.05, 3.63) is 28.2 Å². The Morgan fingerprint density at radius 2 is 1.94 bits per heavy atom. The highest BCUT2D eigenvalue weighted by Crippen LogP contribution is 2.59. The Labute approximate surface area is 119 Å². The van der Waals surface area contributed by atoms with Gasteiger partial charge in [0.25, 0.3) is 0 Å². The van der Waals surface area contributed by atoms with E-state index in [2.05, 4.69) is 37.9 Å². The third-order valence-electron chi connectivity index (χ3n) is 4.18. The van der Waals surface area contributed by atoms with Crippen LogP contribution in [0.15, 0.2) is 22.7 Å². The third-order valence-corrected chi connectivity index (χ3v) is 5.92. The van der Waals surface area contributed by atoms with Crippen LogP contribution >= 0.6 is 31.9 Å². The van der Waals surface area contributed by atoms with Crippen molar-refractivity contribution in [3.8, 4) is 5.75 Å². The number of ether oxygens (including phenoxy) is 1. The Kier molecular flexibility index (Phi) is 3.24. The van der Waals surface area contributed by atoms with Gasteiger partial charge in [0.15, 0.2) is 0 Å². The Balaban J connectivity index is 1.84. The normalized spacial score (nSPS) is 32.1. The molecular weight excluding hydrogens is 344 g/mol. The molecule has 0 bridgehead atoms. The molecule has 0 saturated heterocycles. The van der Waals surface area contributed by atoms with Crippen molar-refractivity contribution in [2.24, 2.45) is 17.8 Å². The summed E-state index contributed by atoms with van der Waals surface area (Å²) in [6, 6.07) is 6.26. The molecule has 0 N–H and O–H groups in total. The highest BCUT2D eigenvalue weighted by atomic mass is 79.9. The van der Waals surface area contributed by atoms with Gasteiger partial charge in [-0.1, -0.05) is 31.9 Å². The second-order valence-corrected chi connectivity index (χ2v) is 7.18. The van der Waals surface area contributed by atoms with Crippen molar-refractivity contribution in [2.45, 2.75) is 24.1 Å². The molecule has 0 radical (unpaired) electrons. The number of hydrogen-bond donors (Lipinski definition) is 0. The van der Waals surface area contributed by atoms with Crippen LogP contribution in [0.5, 0.6) is 5.75 Å². The minimum atomic E-state index is 0.433. The second-order valence-electron chi connectivity index (χ2n) is 5.28. The number of methoxy groups -OCH3 is 1. The molecule has 3 atom stereocenters. The van der Waals surface area contributed by atoms with Crippen molar-refractivity contribution < 1.29 is 4.74 Å². The number of halogens is 2. The van der Waals surface area contributed by atoms with E-state index in [0.29, 0.717) is 4.83 Å². The van der Waals surface area contributed by atoms with Gasteiger partial charge in [0.2, 0.25) is 0 Å². The van der Waals surface area contributed by atoms with Crippen LogP contribution < -0.4 is 4.74 Å². The van der Waals surface area contributed by atoms with Gasteiger partial charge in [-0.25, -0.2) is 0 Å². The van der Waals surface area contributed by atoms with Gasteiger partial charge in [-0.05, 0) is 55.2 Å². The summed E-state index contributed by atoms with van der Waals surface area (Å²) in [5, 5.41) is 0. The zero-order valence-electron chi connectivity index (χ0n) is 9.83. The first-order chi connectivity index (χ1) is 8.19. The highest BCUT2D eigenvalue weighted by molar-refractivity contribution is 9.10. The zero-order valence-corrected chi connectivity index (χ0v) is 13.0. The first kappa shape index (κ1) is 12.0. The molecule has 0 spiro atoms.